The van der Waals surface area contributed by atoms with Crippen LogP contribution >= 0.6 is 0 Å². The van der Waals surface area contributed by atoms with Gasteiger partial charge < -0.3 is 10.5 Å². The molecule has 0 aromatic heterocycles. The highest BCUT2D eigenvalue weighted by atomic mass is 16.5. The van der Waals surface area contributed by atoms with Crippen molar-refractivity contribution in [1.29, 1.82) is 0 Å². The summed E-state index contributed by atoms with van der Waals surface area (Å²) >= 11 is 0. The topological polar surface area (TPSA) is 38.5 Å². The minimum absolute atomic E-state index is 0.197. The van der Waals surface area contributed by atoms with E-state index in [4.69, 9.17) is 10.5 Å². The quantitative estimate of drug-likeness (QED) is 0.822. The number of methoxy groups -OCH3 is 1. The van der Waals surface area contributed by atoms with Crippen LogP contribution in [-0.2, 0) is 4.74 Å². The van der Waals surface area contributed by atoms with Gasteiger partial charge in [-0.15, -0.1) is 0 Å². The number of ether oxygens (including phenoxy) is 1. The predicted molar refractivity (Wildman–Crippen MR) is 73.1 cm³/mol. The summed E-state index contributed by atoms with van der Waals surface area (Å²) < 4.78 is 5.45. The maximum Gasteiger partial charge on any atom is 0.0572 e. The summed E-state index contributed by atoms with van der Waals surface area (Å²) in [5, 5.41) is 0. The van der Waals surface area contributed by atoms with E-state index in [1.54, 1.807) is 0 Å². The fourth-order valence-electron chi connectivity index (χ4n) is 2.99. The number of hydrogen-bond acceptors (Lipinski definition) is 3. The van der Waals surface area contributed by atoms with Gasteiger partial charge in [0, 0.05) is 25.7 Å². The molecule has 0 aromatic carbocycles. The van der Waals surface area contributed by atoms with E-state index in [0.29, 0.717) is 11.5 Å². The van der Waals surface area contributed by atoms with E-state index < -0.39 is 0 Å². The Balaban J connectivity index is 2.63. The first-order chi connectivity index (χ1) is 7.83. The Labute approximate surface area is 107 Å². The Morgan fingerprint density at radius 1 is 1.29 bits per heavy atom. The molecule has 3 nitrogen and oxygen atoms in total. The van der Waals surface area contributed by atoms with Gasteiger partial charge in [-0.25, -0.2) is 0 Å². The molecule has 1 saturated carbocycles. The number of rotatable bonds is 4. The average molecular weight is 242 g/mol. The zero-order valence-electron chi connectivity index (χ0n) is 12.3. The van der Waals surface area contributed by atoms with Crippen molar-refractivity contribution in [2.75, 3.05) is 27.2 Å². The molecule has 0 radical (unpaired) electrons. The van der Waals surface area contributed by atoms with Crippen molar-refractivity contribution in [3.63, 3.8) is 0 Å². The van der Waals surface area contributed by atoms with E-state index in [1.807, 2.05) is 7.11 Å². The average Bonchev–Trinajstić information content (AvgIpc) is 2.27. The van der Waals surface area contributed by atoms with Gasteiger partial charge in [0.05, 0.1) is 6.10 Å². The number of likely N-dealkylation sites (N-methyl/N-ethyl adjacent to an activating group) is 1. The van der Waals surface area contributed by atoms with Crippen LogP contribution in [0.1, 0.15) is 46.5 Å². The van der Waals surface area contributed by atoms with Crippen LogP contribution in [0.3, 0.4) is 0 Å². The first-order valence-corrected chi connectivity index (χ1v) is 6.77. The molecule has 1 rings (SSSR count). The van der Waals surface area contributed by atoms with Gasteiger partial charge >= 0.3 is 0 Å². The third kappa shape index (κ3) is 3.94. The molecular weight excluding hydrogens is 212 g/mol. The molecule has 0 bridgehead atoms. The molecule has 0 aromatic rings. The van der Waals surface area contributed by atoms with Crippen LogP contribution in [0.15, 0.2) is 0 Å². The van der Waals surface area contributed by atoms with E-state index >= 15 is 0 Å². The van der Waals surface area contributed by atoms with Crippen LogP contribution < -0.4 is 5.73 Å². The van der Waals surface area contributed by atoms with Crippen LogP contribution in [0.25, 0.3) is 0 Å². The molecule has 0 unspecified atom stereocenters. The lowest BCUT2D eigenvalue weighted by Gasteiger charge is -2.47. The first-order valence-electron chi connectivity index (χ1n) is 6.77. The van der Waals surface area contributed by atoms with Gasteiger partial charge in [0.1, 0.15) is 0 Å². The number of hydrogen-bond donors (Lipinski definition) is 1. The normalized spacial score (nSPS) is 30.9. The maximum atomic E-state index is 6.06. The second-order valence-corrected chi connectivity index (χ2v) is 6.78. The molecule has 0 aliphatic heterocycles. The highest BCUT2D eigenvalue weighted by molar-refractivity contribution is 4.96. The maximum absolute atomic E-state index is 6.06. The van der Waals surface area contributed by atoms with Crippen molar-refractivity contribution in [3.8, 4) is 0 Å². The van der Waals surface area contributed by atoms with E-state index in [1.165, 1.54) is 0 Å². The molecule has 1 aliphatic rings. The van der Waals surface area contributed by atoms with E-state index in [9.17, 15) is 0 Å². The zero-order chi connectivity index (χ0) is 13.1. The third-order valence-electron chi connectivity index (χ3n) is 4.10. The van der Waals surface area contributed by atoms with Gasteiger partial charge in [0.2, 0.25) is 0 Å². The number of nitrogens with two attached hydrogens (primary N) is 1. The summed E-state index contributed by atoms with van der Waals surface area (Å²) in [4.78, 5) is 2.48. The Bertz CT molecular complexity index is 227. The molecule has 0 amide bonds. The van der Waals surface area contributed by atoms with Gasteiger partial charge in [0.25, 0.3) is 0 Å². The fourth-order valence-corrected chi connectivity index (χ4v) is 2.99. The lowest BCUT2D eigenvalue weighted by molar-refractivity contribution is -0.00679. The standard InChI is InChI=1S/C14H30N2O/c1-13(2,3)11-16(4)14(10-15)8-6-12(17-5)7-9-14/h12H,6-11,15H2,1-5H3. The molecule has 0 spiro atoms. The van der Waals surface area contributed by atoms with Crippen molar-refractivity contribution in [2.45, 2.75) is 58.1 Å². The zero-order valence-corrected chi connectivity index (χ0v) is 12.3. The monoisotopic (exact) mass is 242 g/mol. The van der Waals surface area contributed by atoms with Crippen LogP contribution in [-0.4, -0.2) is 43.8 Å². The summed E-state index contributed by atoms with van der Waals surface area (Å²) in [5.41, 5.74) is 6.59. The van der Waals surface area contributed by atoms with Crippen molar-refractivity contribution < 1.29 is 4.74 Å². The number of nitrogens with zero attached hydrogens (tertiary/aromatic N) is 1. The molecule has 0 atom stereocenters. The van der Waals surface area contributed by atoms with Crippen LogP contribution in [0.5, 0.6) is 0 Å². The van der Waals surface area contributed by atoms with Crippen LogP contribution in [0.2, 0.25) is 0 Å². The van der Waals surface area contributed by atoms with Crippen molar-refractivity contribution >= 4 is 0 Å². The Morgan fingerprint density at radius 2 is 1.82 bits per heavy atom. The van der Waals surface area contributed by atoms with Gasteiger partial charge in [-0.3, -0.25) is 4.90 Å². The third-order valence-corrected chi connectivity index (χ3v) is 4.10. The lowest BCUT2D eigenvalue weighted by atomic mass is 9.78. The lowest BCUT2D eigenvalue weighted by Crippen LogP contribution is -2.56. The smallest absolute Gasteiger partial charge is 0.0572 e. The second kappa shape index (κ2) is 5.68. The Kier molecular flexibility index (Phi) is 4.99. The molecule has 2 N–H and O–H groups in total. The minimum Gasteiger partial charge on any atom is -0.381 e. The van der Waals surface area contributed by atoms with E-state index in [-0.39, 0.29) is 5.54 Å². The summed E-state index contributed by atoms with van der Waals surface area (Å²) in [7, 11) is 4.05. The van der Waals surface area contributed by atoms with Gasteiger partial charge in [0.15, 0.2) is 0 Å². The SMILES string of the molecule is COC1CCC(CN)(N(C)CC(C)(C)C)CC1. The molecule has 0 heterocycles. The van der Waals surface area contributed by atoms with Gasteiger partial charge in [-0.1, -0.05) is 20.8 Å². The molecule has 3 heteroatoms. The van der Waals surface area contributed by atoms with Crippen molar-refractivity contribution in [3.05, 3.63) is 0 Å². The molecule has 102 valence electrons. The summed E-state index contributed by atoms with van der Waals surface area (Å²) in [6.07, 6.45) is 5.05. The van der Waals surface area contributed by atoms with Crippen molar-refractivity contribution in [2.24, 2.45) is 11.1 Å². The highest BCUT2D eigenvalue weighted by Crippen LogP contribution is 2.34. The second-order valence-electron chi connectivity index (χ2n) is 6.78. The largest absolute Gasteiger partial charge is 0.381 e. The first kappa shape index (κ1) is 14.9. The predicted octanol–water partition coefficient (Wildman–Crippen LogP) is 2.25. The molecular formula is C14H30N2O. The Hall–Kier alpha value is -0.120. The molecule has 1 fully saturated rings. The van der Waals surface area contributed by atoms with Gasteiger partial charge in [-0.2, -0.15) is 0 Å². The van der Waals surface area contributed by atoms with Crippen molar-refractivity contribution in [1.82, 2.24) is 4.90 Å². The Morgan fingerprint density at radius 3 is 2.18 bits per heavy atom. The fraction of sp³-hybridized carbons (Fsp3) is 1.00. The van der Waals surface area contributed by atoms with E-state index in [2.05, 4.69) is 32.7 Å². The van der Waals surface area contributed by atoms with Crippen LogP contribution in [0, 0.1) is 5.41 Å². The molecule has 17 heavy (non-hydrogen) atoms. The summed E-state index contributed by atoms with van der Waals surface area (Å²) in [5.74, 6) is 0. The molecule has 0 saturated heterocycles. The highest BCUT2D eigenvalue weighted by Gasteiger charge is 2.38. The van der Waals surface area contributed by atoms with E-state index in [0.717, 1.165) is 38.8 Å². The summed E-state index contributed by atoms with van der Waals surface area (Å²) in [6, 6.07) is 0. The van der Waals surface area contributed by atoms with Crippen LogP contribution in [0.4, 0.5) is 0 Å². The molecule has 1 aliphatic carbocycles. The minimum atomic E-state index is 0.197. The summed E-state index contributed by atoms with van der Waals surface area (Å²) in [6.45, 7) is 8.72. The van der Waals surface area contributed by atoms with Gasteiger partial charge in [-0.05, 0) is 38.1 Å².